The summed E-state index contributed by atoms with van der Waals surface area (Å²) in [6.45, 7) is 1.97. The first kappa shape index (κ1) is 10.9. The maximum atomic E-state index is 11.0. The Hall–Kier alpha value is -1.60. The van der Waals surface area contributed by atoms with Gasteiger partial charge in [0.1, 0.15) is 0 Å². The van der Waals surface area contributed by atoms with E-state index in [4.69, 9.17) is 11.6 Å². The molecule has 0 aromatic heterocycles. The Morgan fingerprint density at radius 1 is 1.06 bits per heavy atom. The van der Waals surface area contributed by atoms with E-state index >= 15 is 0 Å². The van der Waals surface area contributed by atoms with Crippen LogP contribution in [-0.4, -0.2) is 6.29 Å². The molecule has 0 bridgehead atoms. The Bertz CT molecular complexity index is 515. The first-order valence-corrected chi connectivity index (χ1v) is 5.40. The lowest BCUT2D eigenvalue weighted by Crippen LogP contribution is -1.88. The summed E-state index contributed by atoms with van der Waals surface area (Å²) >= 11 is 5.83. The SMILES string of the molecule is Cc1ccc(-c2ccc(Cl)cc2)c(C=O)c1. The van der Waals surface area contributed by atoms with Crippen LogP contribution in [0.2, 0.25) is 5.02 Å². The number of aldehydes is 1. The monoisotopic (exact) mass is 230 g/mol. The van der Waals surface area contributed by atoms with Gasteiger partial charge in [0.2, 0.25) is 0 Å². The lowest BCUT2D eigenvalue weighted by Gasteiger charge is -2.06. The number of aryl methyl sites for hydroxylation is 1. The van der Waals surface area contributed by atoms with Gasteiger partial charge in [-0.15, -0.1) is 0 Å². The highest BCUT2D eigenvalue weighted by molar-refractivity contribution is 6.30. The molecule has 16 heavy (non-hydrogen) atoms. The quantitative estimate of drug-likeness (QED) is 0.709. The Morgan fingerprint density at radius 2 is 1.75 bits per heavy atom. The molecule has 0 unspecified atom stereocenters. The predicted octanol–water partition coefficient (Wildman–Crippen LogP) is 4.13. The molecular formula is C14H11ClO. The van der Waals surface area contributed by atoms with Crippen LogP contribution in [0.3, 0.4) is 0 Å². The van der Waals surface area contributed by atoms with Crippen molar-refractivity contribution in [1.29, 1.82) is 0 Å². The van der Waals surface area contributed by atoms with Crippen molar-refractivity contribution in [3.05, 3.63) is 58.6 Å². The number of carbonyl (C=O) groups excluding carboxylic acids is 1. The van der Waals surface area contributed by atoms with Gasteiger partial charge in [-0.1, -0.05) is 41.4 Å². The van der Waals surface area contributed by atoms with E-state index in [0.29, 0.717) is 10.6 Å². The van der Waals surface area contributed by atoms with Crippen LogP contribution in [0.25, 0.3) is 11.1 Å². The van der Waals surface area contributed by atoms with Crippen LogP contribution >= 0.6 is 11.6 Å². The second kappa shape index (κ2) is 4.50. The molecule has 0 aliphatic rings. The number of carbonyl (C=O) groups is 1. The molecule has 0 spiro atoms. The van der Waals surface area contributed by atoms with Crippen molar-refractivity contribution < 1.29 is 4.79 Å². The molecule has 0 fully saturated rings. The van der Waals surface area contributed by atoms with E-state index in [1.54, 1.807) is 0 Å². The Balaban J connectivity index is 2.55. The zero-order valence-electron chi connectivity index (χ0n) is 8.91. The first-order valence-electron chi connectivity index (χ1n) is 5.02. The maximum Gasteiger partial charge on any atom is 0.150 e. The first-order chi connectivity index (χ1) is 7.70. The van der Waals surface area contributed by atoms with Crippen LogP contribution in [0.1, 0.15) is 15.9 Å². The van der Waals surface area contributed by atoms with Crippen molar-refractivity contribution in [3.8, 4) is 11.1 Å². The molecule has 0 saturated heterocycles. The smallest absolute Gasteiger partial charge is 0.150 e. The zero-order valence-corrected chi connectivity index (χ0v) is 9.66. The van der Waals surface area contributed by atoms with Gasteiger partial charge in [-0.05, 0) is 36.2 Å². The van der Waals surface area contributed by atoms with Crippen molar-refractivity contribution in [1.82, 2.24) is 0 Å². The van der Waals surface area contributed by atoms with Crippen molar-refractivity contribution in [2.75, 3.05) is 0 Å². The summed E-state index contributed by atoms with van der Waals surface area (Å²) in [6.07, 6.45) is 0.886. The van der Waals surface area contributed by atoms with E-state index < -0.39 is 0 Å². The number of hydrogen-bond donors (Lipinski definition) is 0. The van der Waals surface area contributed by atoms with Crippen molar-refractivity contribution in [3.63, 3.8) is 0 Å². The molecule has 2 aromatic rings. The van der Waals surface area contributed by atoms with E-state index in [1.807, 2.05) is 49.4 Å². The average Bonchev–Trinajstić information content (AvgIpc) is 2.30. The third-order valence-corrected chi connectivity index (χ3v) is 2.74. The van der Waals surface area contributed by atoms with Gasteiger partial charge < -0.3 is 0 Å². The molecule has 0 saturated carbocycles. The van der Waals surface area contributed by atoms with Crippen molar-refractivity contribution >= 4 is 17.9 Å². The van der Waals surface area contributed by atoms with E-state index in [2.05, 4.69) is 0 Å². The second-order valence-electron chi connectivity index (χ2n) is 3.72. The molecule has 2 heteroatoms. The summed E-state index contributed by atoms with van der Waals surface area (Å²) in [4.78, 5) is 11.0. The minimum absolute atomic E-state index is 0.698. The van der Waals surface area contributed by atoms with E-state index in [9.17, 15) is 4.79 Å². The zero-order chi connectivity index (χ0) is 11.5. The molecular weight excluding hydrogens is 220 g/mol. The molecule has 0 aliphatic heterocycles. The van der Waals surface area contributed by atoms with Gasteiger partial charge in [-0.25, -0.2) is 0 Å². The van der Waals surface area contributed by atoms with E-state index in [0.717, 1.165) is 23.0 Å². The van der Waals surface area contributed by atoms with E-state index in [-0.39, 0.29) is 0 Å². The van der Waals surface area contributed by atoms with Gasteiger partial charge in [0.15, 0.2) is 6.29 Å². The van der Waals surface area contributed by atoms with Gasteiger partial charge in [0.25, 0.3) is 0 Å². The number of halogens is 1. The average molecular weight is 231 g/mol. The summed E-state index contributed by atoms with van der Waals surface area (Å²) < 4.78 is 0. The third-order valence-electron chi connectivity index (χ3n) is 2.49. The molecule has 0 aliphatic carbocycles. The fourth-order valence-corrected chi connectivity index (χ4v) is 1.80. The van der Waals surface area contributed by atoms with Crippen LogP contribution in [0, 0.1) is 6.92 Å². The van der Waals surface area contributed by atoms with Crippen LogP contribution < -0.4 is 0 Å². The summed E-state index contributed by atoms with van der Waals surface area (Å²) in [6, 6.07) is 13.3. The lowest BCUT2D eigenvalue weighted by molar-refractivity contribution is 0.112. The summed E-state index contributed by atoms with van der Waals surface area (Å²) in [5.74, 6) is 0. The summed E-state index contributed by atoms with van der Waals surface area (Å²) in [7, 11) is 0. The molecule has 0 radical (unpaired) electrons. The summed E-state index contributed by atoms with van der Waals surface area (Å²) in [5.41, 5.74) is 3.74. The molecule has 80 valence electrons. The third kappa shape index (κ3) is 2.15. The molecule has 0 N–H and O–H groups in total. The molecule has 1 nitrogen and oxygen atoms in total. The normalized spacial score (nSPS) is 10.1. The van der Waals surface area contributed by atoms with Gasteiger partial charge >= 0.3 is 0 Å². The molecule has 0 atom stereocenters. The highest BCUT2D eigenvalue weighted by Crippen LogP contribution is 2.25. The highest BCUT2D eigenvalue weighted by atomic mass is 35.5. The maximum absolute atomic E-state index is 11.0. The van der Waals surface area contributed by atoms with Crippen LogP contribution in [0.4, 0.5) is 0 Å². The molecule has 0 heterocycles. The fourth-order valence-electron chi connectivity index (χ4n) is 1.67. The Kier molecular flexibility index (Phi) is 3.07. The molecule has 2 aromatic carbocycles. The van der Waals surface area contributed by atoms with Crippen molar-refractivity contribution in [2.45, 2.75) is 6.92 Å². The van der Waals surface area contributed by atoms with Crippen molar-refractivity contribution in [2.24, 2.45) is 0 Å². The standard InChI is InChI=1S/C14H11ClO/c1-10-2-7-14(12(8-10)9-16)11-3-5-13(15)6-4-11/h2-9H,1H3. The largest absolute Gasteiger partial charge is 0.298 e. The second-order valence-corrected chi connectivity index (χ2v) is 4.15. The number of hydrogen-bond acceptors (Lipinski definition) is 1. The van der Waals surface area contributed by atoms with Gasteiger partial charge in [0.05, 0.1) is 0 Å². The molecule has 0 amide bonds. The Labute approximate surface area is 99.7 Å². The highest BCUT2D eigenvalue weighted by Gasteiger charge is 2.04. The minimum Gasteiger partial charge on any atom is -0.298 e. The Morgan fingerprint density at radius 3 is 2.38 bits per heavy atom. The van der Waals surface area contributed by atoms with Gasteiger partial charge in [0, 0.05) is 10.6 Å². The lowest BCUT2D eigenvalue weighted by atomic mass is 9.99. The fraction of sp³-hybridized carbons (Fsp3) is 0.0714. The summed E-state index contributed by atoms with van der Waals surface area (Å²) in [5, 5.41) is 0.698. The van der Waals surface area contributed by atoms with Gasteiger partial charge in [-0.3, -0.25) is 4.79 Å². The number of benzene rings is 2. The van der Waals surface area contributed by atoms with Crippen LogP contribution in [0.5, 0.6) is 0 Å². The van der Waals surface area contributed by atoms with Crippen LogP contribution in [-0.2, 0) is 0 Å². The van der Waals surface area contributed by atoms with Gasteiger partial charge in [-0.2, -0.15) is 0 Å². The predicted molar refractivity (Wildman–Crippen MR) is 67.0 cm³/mol. The topological polar surface area (TPSA) is 17.1 Å². The van der Waals surface area contributed by atoms with E-state index in [1.165, 1.54) is 0 Å². The number of rotatable bonds is 2. The van der Waals surface area contributed by atoms with Crippen LogP contribution in [0.15, 0.2) is 42.5 Å². The molecule has 2 rings (SSSR count). The minimum atomic E-state index is 0.698.